The molecule has 29 heavy (non-hydrogen) atoms. The highest BCUT2D eigenvalue weighted by molar-refractivity contribution is 7.92. The number of anilines is 2. The van der Waals surface area contributed by atoms with Crippen LogP contribution in [0.2, 0.25) is 0 Å². The van der Waals surface area contributed by atoms with E-state index in [1.807, 2.05) is 0 Å². The average molecular weight is 415 g/mol. The van der Waals surface area contributed by atoms with Crippen LogP contribution in [-0.2, 0) is 19.6 Å². The van der Waals surface area contributed by atoms with Gasteiger partial charge in [-0.05, 0) is 55.8 Å². The van der Waals surface area contributed by atoms with Gasteiger partial charge in [0.25, 0.3) is 10.0 Å². The molecule has 0 fully saturated rings. The van der Waals surface area contributed by atoms with Crippen molar-refractivity contribution in [1.82, 2.24) is 0 Å². The molecule has 2 N–H and O–H groups in total. The number of carbonyl (C=O) groups is 1. The molecule has 0 spiro atoms. The fourth-order valence-corrected chi connectivity index (χ4v) is 3.68. The lowest BCUT2D eigenvalue weighted by atomic mass is 10.2. The van der Waals surface area contributed by atoms with E-state index in [2.05, 4.69) is 10.0 Å². The average Bonchev–Trinajstić information content (AvgIpc) is 2.70. The Morgan fingerprint density at radius 2 is 1.83 bits per heavy atom. The molecule has 0 aliphatic heterocycles. The summed E-state index contributed by atoms with van der Waals surface area (Å²) < 4.78 is 38.0. The minimum Gasteiger partial charge on any atom is -0.497 e. The predicted molar refractivity (Wildman–Crippen MR) is 109 cm³/mol. The lowest BCUT2D eigenvalue weighted by Crippen LogP contribution is -2.14. The summed E-state index contributed by atoms with van der Waals surface area (Å²) in [5, 5.41) is 11.8. The maximum atomic E-state index is 12.8. The second-order valence-electron chi connectivity index (χ2n) is 5.85. The molecule has 0 atom stereocenters. The maximum absolute atomic E-state index is 12.8. The Morgan fingerprint density at radius 1 is 1.17 bits per heavy atom. The highest BCUT2D eigenvalue weighted by atomic mass is 32.2. The Hall–Kier alpha value is -3.51. The van der Waals surface area contributed by atoms with Crippen LogP contribution in [0.25, 0.3) is 0 Å². The number of esters is 1. The molecule has 9 heteroatoms. The van der Waals surface area contributed by atoms with Crippen molar-refractivity contribution >= 4 is 27.4 Å². The first-order chi connectivity index (χ1) is 13.8. The van der Waals surface area contributed by atoms with E-state index < -0.39 is 16.0 Å². The molecule has 0 aliphatic carbocycles. The lowest BCUT2D eigenvalue weighted by Gasteiger charge is -2.12. The van der Waals surface area contributed by atoms with E-state index in [0.29, 0.717) is 22.7 Å². The van der Waals surface area contributed by atoms with Crippen molar-refractivity contribution in [3.63, 3.8) is 0 Å². The molecule has 0 saturated heterocycles. The molecule has 2 rings (SSSR count). The summed E-state index contributed by atoms with van der Waals surface area (Å²) in [7, 11) is -2.34. The molecule has 8 nitrogen and oxygen atoms in total. The van der Waals surface area contributed by atoms with Crippen LogP contribution in [0, 0.1) is 18.3 Å². The van der Waals surface area contributed by atoms with Gasteiger partial charge in [0.15, 0.2) is 5.57 Å². The van der Waals surface area contributed by atoms with Gasteiger partial charge in [-0.15, -0.1) is 0 Å². The molecule has 0 aromatic heterocycles. The topological polar surface area (TPSA) is 118 Å². The first-order valence-corrected chi connectivity index (χ1v) is 10.1. The molecule has 0 saturated carbocycles. The number of benzene rings is 2. The normalized spacial score (nSPS) is 11.3. The Balaban J connectivity index is 2.27. The number of hydrogen-bond donors (Lipinski definition) is 2. The number of carbonyl (C=O) groups excluding carboxylic acids is 1. The van der Waals surface area contributed by atoms with Gasteiger partial charge in [-0.2, -0.15) is 5.26 Å². The van der Waals surface area contributed by atoms with E-state index in [0.717, 1.165) is 0 Å². The number of ether oxygens (including phenoxy) is 2. The van der Waals surface area contributed by atoms with Gasteiger partial charge in [0.1, 0.15) is 11.8 Å². The standard InChI is InChI=1S/C20H21N3O5S/c1-4-28-20(24)15(12-21)13-22-17-6-5-14(2)19(11-17)29(25,26)23-16-7-9-18(27-3)10-8-16/h5-11,13,22-23H,4H2,1-3H3/b15-13+. The van der Waals surface area contributed by atoms with Crippen LogP contribution in [0.15, 0.2) is 59.1 Å². The quantitative estimate of drug-likeness (QED) is 0.386. The first kappa shape index (κ1) is 21.8. The Kier molecular flexibility index (Phi) is 7.22. The molecule has 2 aromatic carbocycles. The van der Waals surface area contributed by atoms with Crippen molar-refractivity contribution in [2.24, 2.45) is 0 Å². The third-order valence-corrected chi connectivity index (χ3v) is 5.34. The van der Waals surface area contributed by atoms with E-state index in [4.69, 9.17) is 14.7 Å². The molecule has 0 heterocycles. The number of nitriles is 1. The van der Waals surface area contributed by atoms with Gasteiger partial charge < -0.3 is 14.8 Å². The second kappa shape index (κ2) is 9.61. The fourth-order valence-electron chi connectivity index (χ4n) is 2.35. The summed E-state index contributed by atoms with van der Waals surface area (Å²) in [6.45, 7) is 3.44. The maximum Gasteiger partial charge on any atom is 0.350 e. The van der Waals surface area contributed by atoms with E-state index in [1.165, 1.54) is 19.4 Å². The fraction of sp³-hybridized carbons (Fsp3) is 0.200. The monoisotopic (exact) mass is 415 g/mol. The summed E-state index contributed by atoms with van der Waals surface area (Å²) in [6, 6.07) is 12.9. The van der Waals surface area contributed by atoms with Crippen molar-refractivity contribution in [2.75, 3.05) is 23.8 Å². The van der Waals surface area contributed by atoms with E-state index in [9.17, 15) is 13.2 Å². The van der Waals surface area contributed by atoms with Gasteiger partial charge >= 0.3 is 5.97 Å². The zero-order valence-corrected chi connectivity index (χ0v) is 17.0. The summed E-state index contributed by atoms with van der Waals surface area (Å²) >= 11 is 0. The van der Waals surface area contributed by atoms with Crippen molar-refractivity contribution in [1.29, 1.82) is 5.26 Å². The minimum atomic E-state index is -3.86. The first-order valence-electron chi connectivity index (χ1n) is 8.62. The van der Waals surface area contributed by atoms with Gasteiger partial charge in [-0.1, -0.05) is 6.07 Å². The Labute approximate surface area is 169 Å². The predicted octanol–water partition coefficient (Wildman–Crippen LogP) is 3.19. The molecular weight excluding hydrogens is 394 g/mol. The molecule has 0 bridgehead atoms. The zero-order chi connectivity index (χ0) is 21.4. The summed E-state index contributed by atoms with van der Waals surface area (Å²) in [6.07, 6.45) is 1.18. The third-order valence-electron chi connectivity index (χ3n) is 3.82. The number of nitrogens with zero attached hydrogens (tertiary/aromatic N) is 1. The highest BCUT2D eigenvalue weighted by Crippen LogP contribution is 2.24. The number of nitrogens with one attached hydrogen (secondary N) is 2. The molecule has 2 aromatic rings. The number of rotatable bonds is 8. The Morgan fingerprint density at radius 3 is 2.41 bits per heavy atom. The van der Waals surface area contributed by atoms with Crippen LogP contribution >= 0.6 is 0 Å². The third kappa shape index (κ3) is 5.73. The second-order valence-corrected chi connectivity index (χ2v) is 7.50. The molecule has 0 radical (unpaired) electrons. The van der Waals surface area contributed by atoms with Gasteiger partial charge in [0.05, 0.1) is 18.6 Å². The van der Waals surface area contributed by atoms with Gasteiger partial charge in [0, 0.05) is 17.6 Å². The summed E-state index contributed by atoms with van der Waals surface area (Å²) in [5.41, 5.74) is 1.08. The summed E-state index contributed by atoms with van der Waals surface area (Å²) in [4.78, 5) is 11.7. The molecule has 152 valence electrons. The van der Waals surface area contributed by atoms with Crippen molar-refractivity contribution < 1.29 is 22.7 Å². The molecule has 0 amide bonds. The van der Waals surface area contributed by atoms with Crippen molar-refractivity contribution in [3.05, 3.63) is 59.8 Å². The van der Waals surface area contributed by atoms with E-state index in [1.54, 1.807) is 56.3 Å². The van der Waals surface area contributed by atoms with Crippen LogP contribution < -0.4 is 14.8 Å². The van der Waals surface area contributed by atoms with Crippen LogP contribution in [0.1, 0.15) is 12.5 Å². The number of sulfonamides is 1. The van der Waals surface area contributed by atoms with Crippen LogP contribution in [0.5, 0.6) is 5.75 Å². The minimum absolute atomic E-state index is 0.0568. The smallest absolute Gasteiger partial charge is 0.350 e. The number of hydrogen-bond acceptors (Lipinski definition) is 7. The lowest BCUT2D eigenvalue weighted by molar-refractivity contribution is -0.138. The molecular formula is C20H21N3O5S. The van der Waals surface area contributed by atoms with Crippen LogP contribution in [0.3, 0.4) is 0 Å². The van der Waals surface area contributed by atoms with Gasteiger partial charge in [0.2, 0.25) is 0 Å². The van der Waals surface area contributed by atoms with Crippen LogP contribution in [-0.4, -0.2) is 28.1 Å². The molecule has 0 unspecified atom stereocenters. The summed E-state index contributed by atoms with van der Waals surface area (Å²) in [5.74, 6) is -0.152. The van der Waals surface area contributed by atoms with E-state index in [-0.39, 0.29) is 17.1 Å². The van der Waals surface area contributed by atoms with Crippen LogP contribution in [0.4, 0.5) is 11.4 Å². The number of methoxy groups -OCH3 is 1. The molecule has 0 aliphatic rings. The highest BCUT2D eigenvalue weighted by Gasteiger charge is 2.18. The zero-order valence-electron chi connectivity index (χ0n) is 16.2. The van der Waals surface area contributed by atoms with Gasteiger partial charge in [-0.25, -0.2) is 13.2 Å². The number of aryl methyl sites for hydroxylation is 1. The van der Waals surface area contributed by atoms with Crippen molar-refractivity contribution in [3.8, 4) is 11.8 Å². The van der Waals surface area contributed by atoms with Gasteiger partial charge in [-0.3, -0.25) is 4.72 Å². The largest absolute Gasteiger partial charge is 0.497 e. The van der Waals surface area contributed by atoms with E-state index >= 15 is 0 Å². The SMILES string of the molecule is CCOC(=O)/C(C#N)=C/Nc1ccc(C)c(S(=O)(=O)Nc2ccc(OC)cc2)c1. The Bertz CT molecular complexity index is 1050. The van der Waals surface area contributed by atoms with Crippen molar-refractivity contribution in [2.45, 2.75) is 18.7 Å².